The van der Waals surface area contributed by atoms with E-state index < -0.39 is 0 Å². The molecule has 0 fully saturated rings. The summed E-state index contributed by atoms with van der Waals surface area (Å²) in [5.74, 6) is 0. The number of aliphatic hydroxyl groups excluding tert-OH is 1. The smallest absolute Gasteiger partial charge is 0.0681 e. The third-order valence-electron chi connectivity index (χ3n) is 2.84. The van der Waals surface area contributed by atoms with Gasteiger partial charge in [-0.2, -0.15) is 0 Å². The minimum atomic E-state index is 0.140. The third-order valence-corrected chi connectivity index (χ3v) is 2.84. The van der Waals surface area contributed by atoms with Crippen molar-refractivity contribution in [2.75, 3.05) is 0 Å². The molecule has 0 atom stereocenters. The van der Waals surface area contributed by atoms with Crippen LogP contribution < -0.4 is 5.32 Å². The quantitative estimate of drug-likeness (QED) is 0.706. The van der Waals surface area contributed by atoms with Gasteiger partial charge in [0.05, 0.1) is 6.61 Å². The van der Waals surface area contributed by atoms with Gasteiger partial charge in [0.25, 0.3) is 0 Å². The molecular formula is C12H17NO. The summed E-state index contributed by atoms with van der Waals surface area (Å²) in [7, 11) is 0. The Labute approximate surface area is 85.0 Å². The van der Waals surface area contributed by atoms with Crippen molar-refractivity contribution in [2.24, 2.45) is 0 Å². The molecule has 1 aromatic rings. The zero-order valence-electron chi connectivity index (χ0n) is 8.80. The zero-order valence-corrected chi connectivity index (χ0v) is 8.80. The first-order valence-corrected chi connectivity index (χ1v) is 5.07. The van der Waals surface area contributed by atoms with E-state index in [2.05, 4.69) is 31.3 Å². The van der Waals surface area contributed by atoms with Gasteiger partial charge in [-0.05, 0) is 37.0 Å². The van der Waals surface area contributed by atoms with Gasteiger partial charge >= 0.3 is 0 Å². The van der Waals surface area contributed by atoms with E-state index in [1.807, 2.05) is 6.07 Å². The maximum atomic E-state index is 9.05. The molecule has 0 saturated heterocycles. The number of hydrogen-bond acceptors (Lipinski definition) is 2. The SMILES string of the molecule is CC1(C)Cc2cc(CO)ccc2CN1. The van der Waals surface area contributed by atoms with Gasteiger partial charge in [-0.1, -0.05) is 18.2 Å². The molecule has 1 aliphatic rings. The summed E-state index contributed by atoms with van der Waals surface area (Å²) in [5.41, 5.74) is 3.93. The van der Waals surface area contributed by atoms with E-state index in [0.29, 0.717) is 0 Å². The number of nitrogens with one attached hydrogen (secondary N) is 1. The maximum Gasteiger partial charge on any atom is 0.0681 e. The number of rotatable bonds is 1. The standard InChI is InChI=1S/C12H17NO/c1-12(2)6-11-5-9(8-14)3-4-10(11)7-13-12/h3-5,13-14H,6-8H2,1-2H3. The zero-order chi connectivity index (χ0) is 10.2. The first kappa shape index (κ1) is 9.69. The Morgan fingerprint density at radius 1 is 1.36 bits per heavy atom. The lowest BCUT2D eigenvalue weighted by Gasteiger charge is -2.33. The van der Waals surface area contributed by atoms with Crippen molar-refractivity contribution >= 4 is 0 Å². The van der Waals surface area contributed by atoms with Crippen LogP contribution in [0.3, 0.4) is 0 Å². The molecule has 1 heterocycles. The van der Waals surface area contributed by atoms with Gasteiger partial charge in [-0.15, -0.1) is 0 Å². The van der Waals surface area contributed by atoms with Gasteiger partial charge in [0.1, 0.15) is 0 Å². The first-order chi connectivity index (χ1) is 6.61. The van der Waals surface area contributed by atoms with Crippen LogP contribution in [0, 0.1) is 0 Å². The van der Waals surface area contributed by atoms with Crippen LogP contribution in [-0.2, 0) is 19.6 Å². The van der Waals surface area contributed by atoms with Gasteiger partial charge in [0, 0.05) is 12.1 Å². The average Bonchev–Trinajstić information content (AvgIpc) is 2.15. The summed E-state index contributed by atoms with van der Waals surface area (Å²) in [6, 6.07) is 6.24. The van der Waals surface area contributed by atoms with Gasteiger partial charge in [0.15, 0.2) is 0 Å². The van der Waals surface area contributed by atoms with Crippen LogP contribution in [-0.4, -0.2) is 10.6 Å². The molecule has 1 aliphatic heterocycles. The van der Waals surface area contributed by atoms with E-state index in [-0.39, 0.29) is 12.1 Å². The lowest BCUT2D eigenvalue weighted by Crippen LogP contribution is -2.44. The van der Waals surface area contributed by atoms with Gasteiger partial charge in [-0.25, -0.2) is 0 Å². The van der Waals surface area contributed by atoms with Gasteiger partial charge in [0.2, 0.25) is 0 Å². The Hall–Kier alpha value is -0.860. The van der Waals surface area contributed by atoms with Crippen LogP contribution in [0.2, 0.25) is 0 Å². The molecular weight excluding hydrogens is 174 g/mol. The molecule has 2 N–H and O–H groups in total. The van der Waals surface area contributed by atoms with Crippen LogP contribution in [0.1, 0.15) is 30.5 Å². The van der Waals surface area contributed by atoms with E-state index in [0.717, 1.165) is 18.5 Å². The van der Waals surface area contributed by atoms with Crippen molar-refractivity contribution < 1.29 is 5.11 Å². The highest BCUT2D eigenvalue weighted by atomic mass is 16.3. The van der Waals surface area contributed by atoms with E-state index in [1.54, 1.807) is 0 Å². The fourth-order valence-electron chi connectivity index (χ4n) is 1.99. The third kappa shape index (κ3) is 1.81. The molecule has 76 valence electrons. The molecule has 2 nitrogen and oxygen atoms in total. The van der Waals surface area contributed by atoms with Crippen molar-refractivity contribution in [1.82, 2.24) is 5.32 Å². The predicted molar refractivity (Wildman–Crippen MR) is 57.0 cm³/mol. The summed E-state index contributed by atoms with van der Waals surface area (Å²) in [4.78, 5) is 0. The number of aliphatic hydroxyl groups is 1. The normalized spacial score (nSPS) is 19.1. The molecule has 2 rings (SSSR count). The van der Waals surface area contributed by atoms with Gasteiger partial charge in [-0.3, -0.25) is 0 Å². The Balaban J connectivity index is 2.34. The van der Waals surface area contributed by atoms with Crippen molar-refractivity contribution in [3.05, 3.63) is 34.9 Å². The molecule has 0 radical (unpaired) electrons. The van der Waals surface area contributed by atoms with Crippen LogP contribution in [0.4, 0.5) is 0 Å². The van der Waals surface area contributed by atoms with Crippen molar-refractivity contribution in [3.63, 3.8) is 0 Å². The summed E-state index contributed by atoms with van der Waals surface area (Å²) in [6.45, 7) is 5.50. The second-order valence-corrected chi connectivity index (χ2v) is 4.68. The summed E-state index contributed by atoms with van der Waals surface area (Å²) in [5, 5.41) is 12.5. The second-order valence-electron chi connectivity index (χ2n) is 4.68. The molecule has 0 unspecified atom stereocenters. The monoisotopic (exact) mass is 191 g/mol. The second kappa shape index (κ2) is 3.37. The summed E-state index contributed by atoms with van der Waals surface area (Å²) >= 11 is 0. The Morgan fingerprint density at radius 3 is 2.86 bits per heavy atom. The summed E-state index contributed by atoms with van der Waals surface area (Å²) in [6.07, 6.45) is 1.04. The highest BCUT2D eigenvalue weighted by Crippen LogP contribution is 2.23. The highest BCUT2D eigenvalue weighted by Gasteiger charge is 2.24. The Morgan fingerprint density at radius 2 is 2.14 bits per heavy atom. The molecule has 0 spiro atoms. The lowest BCUT2D eigenvalue weighted by molar-refractivity contribution is 0.281. The average molecular weight is 191 g/mol. The fourth-order valence-corrected chi connectivity index (χ4v) is 1.99. The molecule has 0 aliphatic carbocycles. The molecule has 14 heavy (non-hydrogen) atoms. The first-order valence-electron chi connectivity index (χ1n) is 5.07. The number of hydrogen-bond donors (Lipinski definition) is 2. The minimum absolute atomic E-state index is 0.140. The number of fused-ring (bicyclic) bond motifs is 1. The number of benzene rings is 1. The minimum Gasteiger partial charge on any atom is -0.392 e. The van der Waals surface area contributed by atoms with Crippen LogP contribution in [0.5, 0.6) is 0 Å². The molecule has 2 heteroatoms. The van der Waals surface area contributed by atoms with Crippen LogP contribution >= 0.6 is 0 Å². The van der Waals surface area contributed by atoms with Crippen molar-refractivity contribution in [2.45, 2.75) is 39.0 Å². The van der Waals surface area contributed by atoms with Crippen molar-refractivity contribution in [1.29, 1.82) is 0 Å². The predicted octanol–water partition coefficient (Wildman–Crippen LogP) is 1.60. The Bertz CT molecular complexity index is 344. The van der Waals surface area contributed by atoms with Crippen LogP contribution in [0.15, 0.2) is 18.2 Å². The molecule has 0 bridgehead atoms. The maximum absolute atomic E-state index is 9.05. The van der Waals surface area contributed by atoms with E-state index in [1.165, 1.54) is 11.1 Å². The molecule has 0 saturated carbocycles. The largest absolute Gasteiger partial charge is 0.392 e. The molecule has 0 aromatic heterocycles. The molecule has 1 aromatic carbocycles. The van der Waals surface area contributed by atoms with Crippen molar-refractivity contribution in [3.8, 4) is 0 Å². The summed E-state index contributed by atoms with van der Waals surface area (Å²) < 4.78 is 0. The lowest BCUT2D eigenvalue weighted by atomic mass is 9.87. The fraction of sp³-hybridized carbons (Fsp3) is 0.500. The molecule has 0 amide bonds. The Kier molecular flexibility index (Phi) is 2.33. The van der Waals surface area contributed by atoms with E-state index >= 15 is 0 Å². The topological polar surface area (TPSA) is 32.3 Å². The van der Waals surface area contributed by atoms with E-state index in [4.69, 9.17) is 5.11 Å². The van der Waals surface area contributed by atoms with Crippen LogP contribution in [0.25, 0.3) is 0 Å². The van der Waals surface area contributed by atoms with E-state index in [9.17, 15) is 0 Å². The van der Waals surface area contributed by atoms with Gasteiger partial charge < -0.3 is 10.4 Å². The highest BCUT2D eigenvalue weighted by molar-refractivity contribution is 5.35.